The first-order valence-electron chi connectivity index (χ1n) is 8.97. The van der Waals surface area contributed by atoms with Crippen molar-refractivity contribution in [1.29, 1.82) is 0 Å². The van der Waals surface area contributed by atoms with Crippen LogP contribution in [0.3, 0.4) is 0 Å². The van der Waals surface area contributed by atoms with Crippen molar-refractivity contribution in [3.8, 4) is 17.1 Å². The second-order valence-electron chi connectivity index (χ2n) is 6.68. The van der Waals surface area contributed by atoms with E-state index in [0.29, 0.717) is 24.8 Å². The molecule has 1 aromatic carbocycles. The van der Waals surface area contributed by atoms with Crippen molar-refractivity contribution in [2.75, 3.05) is 20.2 Å². The normalized spacial score (nSPS) is 15.1. The third-order valence-corrected chi connectivity index (χ3v) is 5.98. The summed E-state index contributed by atoms with van der Waals surface area (Å²) in [6.07, 6.45) is 1.67. The van der Waals surface area contributed by atoms with E-state index in [9.17, 15) is 4.79 Å². The zero-order valence-corrected chi connectivity index (χ0v) is 16.2. The molecule has 3 heterocycles. The monoisotopic (exact) mass is 383 g/mol. The van der Waals surface area contributed by atoms with Crippen LogP contribution in [0.4, 0.5) is 0 Å². The summed E-state index contributed by atoms with van der Waals surface area (Å²) < 4.78 is 10.7. The number of aryl methyl sites for hydroxylation is 1. The lowest BCUT2D eigenvalue weighted by molar-refractivity contribution is 0.0709. The average molecular weight is 383 g/mol. The Morgan fingerprint density at radius 2 is 1.96 bits per heavy atom. The van der Waals surface area contributed by atoms with Crippen LogP contribution in [0.1, 0.15) is 39.9 Å². The number of carbonyl (C=O) groups excluding carboxylic acids is 1. The lowest BCUT2D eigenvalue weighted by Crippen LogP contribution is -2.37. The first-order valence-corrected chi connectivity index (χ1v) is 9.85. The number of rotatable bonds is 4. The quantitative estimate of drug-likeness (QED) is 0.677. The van der Waals surface area contributed by atoms with E-state index in [0.717, 1.165) is 34.6 Å². The van der Waals surface area contributed by atoms with Gasteiger partial charge in [-0.05, 0) is 61.0 Å². The number of amides is 1. The highest BCUT2D eigenvalue weighted by atomic mass is 32.1. The summed E-state index contributed by atoms with van der Waals surface area (Å²) >= 11 is 1.51. The molecule has 0 saturated carbocycles. The molecule has 0 spiro atoms. The number of methoxy groups -OCH3 is 1. The Balaban J connectivity index is 1.40. The van der Waals surface area contributed by atoms with Gasteiger partial charge in [0.1, 0.15) is 5.75 Å². The van der Waals surface area contributed by atoms with E-state index in [1.165, 1.54) is 11.3 Å². The van der Waals surface area contributed by atoms with Crippen molar-refractivity contribution >= 4 is 17.2 Å². The second kappa shape index (κ2) is 7.52. The smallest absolute Gasteiger partial charge is 0.264 e. The van der Waals surface area contributed by atoms with Crippen molar-refractivity contribution in [3.05, 3.63) is 52.0 Å². The van der Waals surface area contributed by atoms with Gasteiger partial charge in [0.25, 0.3) is 5.91 Å². The molecule has 1 aliphatic rings. The molecule has 1 saturated heterocycles. The second-order valence-corrected chi connectivity index (χ2v) is 7.60. The summed E-state index contributed by atoms with van der Waals surface area (Å²) in [4.78, 5) is 20.0. The molecule has 27 heavy (non-hydrogen) atoms. The molecule has 0 bridgehead atoms. The number of likely N-dealkylation sites (tertiary alicyclic amines) is 1. The predicted molar refractivity (Wildman–Crippen MR) is 103 cm³/mol. The number of hydrogen-bond acceptors (Lipinski definition) is 6. The minimum atomic E-state index is 0.130. The number of aromatic nitrogens is 2. The van der Waals surface area contributed by atoms with Crippen LogP contribution in [0.15, 0.2) is 40.2 Å². The van der Waals surface area contributed by atoms with Gasteiger partial charge in [0.05, 0.1) is 12.0 Å². The highest BCUT2D eigenvalue weighted by Gasteiger charge is 2.29. The molecule has 2 aromatic heterocycles. The first-order chi connectivity index (χ1) is 13.2. The Morgan fingerprint density at radius 1 is 1.22 bits per heavy atom. The Labute approximate surface area is 161 Å². The van der Waals surface area contributed by atoms with E-state index in [1.54, 1.807) is 7.11 Å². The van der Waals surface area contributed by atoms with Crippen LogP contribution < -0.4 is 4.74 Å². The molecule has 0 atom stereocenters. The maximum absolute atomic E-state index is 12.6. The molecular formula is C20H21N3O3S. The van der Waals surface area contributed by atoms with Gasteiger partial charge >= 0.3 is 0 Å². The third kappa shape index (κ3) is 3.60. The van der Waals surface area contributed by atoms with Gasteiger partial charge in [-0.1, -0.05) is 5.16 Å². The number of nitrogens with zero attached hydrogens (tertiary/aromatic N) is 3. The van der Waals surface area contributed by atoms with E-state index in [2.05, 4.69) is 10.1 Å². The lowest BCUT2D eigenvalue weighted by atomic mass is 9.96. The maximum Gasteiger partial charge on any atom is 0.264 e. The molecule has 4 rings (SSSR count). The van der Waals surface area contributed by atoms with Gasteiger partial charge in [0, 0.05) is 24.6 Å². The average Bonchev–Trinajstić information content (AvgIpc) is 3.37. The molecule has 0 aliphatic carbocycles. The third-order valence-electron chi connectivity index (χ3n) is 4.98. The van der Waals surface area contributed by atoms with Gasteiger partial charge in [-0.25, -0.2) is 0 Å². The molecule has 0 N–H and O–H groups in total. The van der Waals surface area contributed by atoms with Gasteiger partial charge in [-0.3, -0.25) is 4.79 Å². The fraction of sp³-hybridized carbons (Fsp3) is 0.350. The Hall–Kier alpha value is -2.67. The Kier molecular flexibility index (Phi) is 4.94. The van der Waals surface area contributed by atoms with Gasteiger partial charge < -0.3 is 14.2 Å². The van der Waals surface area contributed by atoms with Crippen LogP contribution in [0.2, 0.25) is 0 Å². The fourth-order valence-electron chi connectivity index (χ4n) is 3.32. The molecule has 0 radical (unpaired) electrons. The maximum atomic E-state index is 12.6. The van der Waals surface area contributed by atoms with Crippen LogP contribution >= 0.6 is 11.3 Å². The van der Waals surface area contributed by atoms with Crippen molar-refractivity contribution < 1.29 is 14.1 Å². The highest BCUT2D eigenvalue weighted by Crippen LogP contribution is 2.30. The number of piperidine rings is 1. The highest BCUT2D eigenvalue weighted by molar-refractivity contribution is 7.12. The largest absolute Gasteiger partial charge is 0.497 e. The Morgan fingerprint density at radius 3 is 2.59 bits per heavy atom. The lowest BCUT2D eigenvalue weighted by Gasteiger charge is -2.30. The van der Waals surface area contributed by atoms with Gasteiger partial charge in [-0.2, -0.15) is 4.98 Å². The number of hydrogen-bond donors (Lipinski definition) is 0. The molecular weight excluding hydrogens is 362 g/mol. The standard InChI is InChI=1S/C20H21N3O3S/c1-13-9-12-27-17(13)20(24)23-10-7-15(8-11-23)19-21-18(22-26-19)14-3-5-16(25-2)6-4-14/h3-6,9,12,15H,7-8,10-11H2,1-2H3. The first kappa shape index (κ1) is 17.7. The van der Waals surface area contributed by atoms with Crippen molar-refractivity contribution in [2.24, 2.45) is 0 Å². The van der Waals surface area contributed by atoms with Crippen LogP contribution in [-0.2, 0) is 0 Å². The molecule has 140 valence electrons. The number of benzene rings is 1. The summed E-state index contributed by atoms with van der Waals surface area (Å²) in [6.45, 7) is 3.40. The molecule has 0 unspecified atom stereocenters. The van der Waals surface area contributed by atoms with Gasteiger partial charge in [0.2, 0.25) is 11.7 Å². The molecule has 1 fully saturated rings. The van der Waals surface area contributed by atoms with E-state index in [-0.39, 0.29) is 11.8 Å². The molecule has 7 heteroatoms. The molecule has 1 aliphatic heterocycles. The molecule has 6 nitrogen and oxygen atoms in total. The van der Waals surface area contributed by atoms with E-state index in [1.807, 2.05) is 47.5 Å². The van der Waals surface area contributed by atoms with Crippen molar-refractivity contribution in [1.82, 2.24) is 15.0 Å². The van der Waals surface area contributed by atoms with Crippen molar-refractivity contribution in [2.45, 2.75) is 25.7 Å². The van der Waals surface area contributed by atoms with Crippen LogP contribution in [0, 0.1) is 6.92 Å². The van der Waals surface area contributed by atoms with Gasteiger partial charge in [-0.15, -0.1) is 11.3 Å². The van der Waals surface area contributed by atoms with Crippen LogP contribution in [0.5, 0.6) is 5.75 Å². The summed E-state index contributed by atoms with van der Waals surface area (Å²) in [5.41, 5.74) is 1.94. The summed E-state index contributed by atoms with van der Waals surface area (Å²) in [6, 6.07) is 9.57. The number of thiophene rings is 1. The Bertz CT molecular complexity index is 924. The zero-order valence-electron chi connectivity index (χ0n) is 15.3. The molecule has 1 amide bonds. The SMILES string of the molecule is COc1ccc(-c2noc(C3CCN(C(=O)c4sccc4C)CC3)n2)cc1. The minimum absolute atomic E-state index is 0.130. The summed E-state index contributed by atoms with van der Waals surface area (Å²) in [5, 5.41) is 6.08. The van der Waals surface area contributed by atoms with Crippen LogP contribution in [0.25, 0.3) is 11.4 Å². The minimum Gasteiger partial charge on any atom is -0.497 e. The van der Waals surface area contributed by atoms with Crippen molar-refractivity contribution in [3.63, 3.8) is 0 Å². The fourth-order valence-corrected chi connectivity index (χ4v) is 4.22. The number of ether oxygens (including phenoxy) is 1. The topological polar surface area (TPSA) is 68.5 Å². The van der Waals surface area contributed by atoms with Crippen LogP contribution in [-0.4, -0.2) is 41.1 Å². The van der Waals surface area contributed by atoms with E-state index < -0.39 is 0 Å². The zero-order chi connectivity index (χ0) is 18.8. The van der Waals surface area contributed by atoms with E-state index >= 15 is 0 Å². The predicted octanol–water partition coefficient (Wildman–Crippen LogP) is 4.13. The van der Waals surface area contributed by atoms with E-state index in [4.69, 9.17) is 9.26 Å². The number of carbonyl (C=O) groups is 1. The summed E-state index contributed by atoms with van der Waals surface area (Å²) in [7, 11) is 1.64. The molecule has 3 aromatic rings. The summed E-state index contributed by atoms with van der Waals surface area (Å²) in [5.74, 6) is 2.35. The van der Waals surface area contributed by atoms with Gasteiger partial charge in [0.15, 0.2) is 0 Å².